The number of nitro benzene ring substituents is 1. The van der Waals surface area contributed by atoms with Gasteiger partial charge in [0, 0.05) is 6.07 Å². The Morgan fingerprint density at radius 1 is 1.47 bits per heavy atom. The molecule has 0 aromatic heterocycles. The standard InChI is InChI=1S/C10H11N3O5S/c1-7-2-3-9(13(15)16)8(4-7)5-12-6-10(14)11-19(12,17)18/h2-4,6,11,14H,5H2,1H3. The van der Waals surface area contributed by atoms with E-state index in [1.54, 1.807) is 13.0 Å². The highest BCUT2D eigenvalue weighted by molar-refractivity contribution is 7.87. The van der Waals surface area contributed by atoms with Gasteiger partial charge in [0.25, 0.3) is 5.69 Å². The molecule has 0 bridgehead atoms. The van der Waals surface area contributed by atoms with E-state index in [9.17, 15) is 18.5 Å². The molecule has 0 spiro atoms. The Bertz CT molecular complexity index is 668. The fourth-order valence-electron chi connectivity index (χ4n) is 1.74. The highest BCUT2D eigenvalue weighted by atomic mass is 32.2. The second-order valence-electron chi connectivity index (χ2n) is 4.06. The summed E-state index contributed by atoms with van der Waals surface area (Å²) in [4.78, 5) is 10.3. The highest BCUT2D eigenvalue weighted by Crippen LogP contribution is 2.24. The second kappa shape index (κ2) is 4.43. The number of aryl methyl sites for hydroxylation is 1. The van der Waals surface area contributed by atoms with Gasteiger partial charge >= 0.3 is 10.2 Å². The van der Waals surface area contributed by atoms with E-state index in [-0.39, 0.29) is 17.8 Å². The van der Waals surface area contributed by atoms with Gasteiger partial charge < -0.3 is 5.11 Å². The summed E-state index contributed by atoms with van der Waals surface area (Å²) in [7, 11) is -3.87. The molecule has 2 rings (SSSR count). The van der Waals surface area contributed by atoms with Crippen molar-refractivity contribution in [2.75, 3.05) is 0 Å². The highest BCUT2D eigenvalue weighted by Gasteiger charge is 2.29. The SMILES string of the molecule is Cc1ccc([N+](=O)[O-])c(CN2C=C(O)NS2(=O)=O)c1. The summed E-state index contributed by atoms with van der Waals surface area (Å²) in [5, 5.41) is 20.0. The van der Waals surface area contributed by atoms with Crippen LogP contribution in [0.2, 0.25) is 0 Å². The number of hydrogen-bond acceptors (Lipinski definition) is 5. The zero-order valence-corrected chi connectivity index (χ0v) is 10.7. The van der Waals surface area contributed by atoms with Gasteiger partial charge in [0.05, 0.1) is 23.2 Å². The van der Waals surface area contributed by atoms with E-state index in [1.165, 1.54) is 12.1 Å². The lowest BCUT2D eigenvalue weighted by atomic mass is 10.1. The molecule has 0 amide bonds. The average Bonchev–Trinajstić information content (AvgIpc) is 2.51. The topological polar surface area (TPSA) is 113 Å². The average molecular weight is 285 g/mol. The van der Waals surface area contributed by atoms with Crippen molar-refractivity contribution < 1.29 is 18.4 Å². The van der Waals surface area contributed by atoms with E-state index in [4.69, 9.17) is 5.11 Å². The largest absolute Gasteiger partial charge is 0.493 e. The van der Waals surface area contributed by atoms with E-state index in [0.29, 0.717) is 0 Å². The number of hydrogen-bond donors (Lipinski definition) is 2. The predicted molar refractivity (Wildman–Crippen MR) is 66.1 cm³/mol. The minimum absolute atomic E-state index is 0.166. The number of benzene rings is 1. The first kappa shape index (κ1) is 13.1. The second-order valence-corrected chi connectivity index (χ2v) is 5.68. The summed E-state index contributed by atoms with van der Waals surface area (Å²) in [5.41, 5.74) is 0.861. The summed E-state index contributed by atoms with van der Waals surface area (Å²) >= 11 is 0. The molecule has 1 heterocycles. The Morgan fingerprint density at radius 3 is 2.68 bits per heavy atom. The molecule has 1 aliphatic rings. The summed E-state index contributed by atoms with van der Waals surface area (Å²) in [5.74, 6) is -0.518. The number of aliphatic hydroxyl groups is 1. The van der Waals surface area contributed by atoms with Crippen LogP contribution in [0, 0.1) is 17.0 Å². The van der Waals surface area contributed by atoms with Crippen molar-refractivity contribution in [3.63, 3.8) is 0 Å². The molecule has 1 aromatic rings. The number of rotatable bonds is 3. The Kier molecular flexibility index (Phi) is 3.06. The van der Waals surface area contributed by atoms with Gasteiger partial charge in [-0.1, -0.05) is 11.6 Å². The Balaban J connectivity index is 2.39. The number of nitrogens with one attached hydrogen (secondary N) is 1. The zero-order chi connectivity index (χ0) is 14.2. The molecule has 102 valence electrons. The maximum absolute atomic E-state index is 11.6. The van der Waals surface area contributed by atoms with Crippen LogP contribution in [0.1, 0.15) is 11.1 Å². The number of aliphatic hydroxyl groups excluding tert-OH is 1. The Morgan fingerprint density at radius 2 is 2.16 bits per heavy atom. The van der Waals surface area contributed by atoms with Crippen LogP contribution in [-0.2, 0) is 16.8 Å². The van der Waals surface area contributed by atoms with E-state index >= 15 is 0 Å². The summed E-state index contributed by atoms with van der Waals surface area (Å²) < 4.78 is 25.8. The van der Waals surface area contributed by atoms with Crippen LogP contribution >= 0.6 is 0 Å². The monoisotopic (exact) mass is 285 g/mol. The van der Waals surface area contributed by atoms with Gasteiger partial charge in [0.15, 0.2) is 0 Å². The van der Waals surface area contributed by atoms with Crippen LogP contribution in [0.5, 0.6) is 0 Å². The minimum atomic E-state index is -3.87. The summed E-state index contributed by atoms with van der Waals surface area (Å²) in [6, 6.07) is 4.44. The van der Waals surface area contributed by atoms with Gasteiger partial charge in [0.2, 0.25) is 5.88 Å². The van der Waals surface area contributed by atoms with Crippen molar-refractivity contribution in [3.8, 4) is 0 Å². The number of nitrogens with zero attached hydrogens (tertiary/aromatic N) is 2. The smallest absolute Gasteiger partial charge is 0.326 e. The molecular weight excluding hydrogens is 274 g/mol. The molecule has 0 saturated carbocycles. The van der Waals surface area contributed by atoms with Crippen molar-refractivity contribution in [1.82, 2.24) is 9.03 Å². The maximum Gasteiger partial charge on any atom is 0.326 e. The first-order valence-corrected chi connectivity index (χ1v) is 6.68. The van der Waals surface area contributed by atoms with Crippen LogP contribution in [0.15, 0.2) is 30.3 Å². The zero-order valence-electron chi connectivity index (χ0n) is 9.90. The molecule has 1 aliphatic heterocycles. The van der Waals surface area contributed by atoms with Gasteiger partial charge in [-0.2, -0.15) is 8.42 Å². The normalized spacial score (nSPS) is 16.9. The molecule has 0 saturated heterocycles. The maximum atomic E-state index is 11.6. The third-order valence-corrected chi connectivity index (χ3v) is 3.89. The van der Waals surface area contributed by atoms with Crippen molar-refractivity contribution in [2.45, 2.75) is 13.5 Å². The molecule has 0 radical (unpaired) electrons. The van der Waals surface area contributed by atoms with E-state index in [1.807, 2.05) is 4.72 Å². The molecule has 2 N–H and O–H groups in total. The lowest BCUT2D eigenvalue weighted by molar-refractivity contribution is -0.385. The molecule has 0 unspecified atom stereocenters. The number of nitro groups is 1. The molecular formula is C10H11N3O5S. The fourth-order valence-corrected chi connectivity index (χ4v) is 2.72. The lowest BCUT2D eigenvalue weighted by Crippen LogP contribution is -2.29. The van der Waals surface area contributed by atoms with Crippen LogP contribution in [-0.4, -0.2) is 22.8 Å². The Hall–Kier alpha value is -2.29. The lowest BCUT2D eigenvalue weighted by Gasteiger charge is -2.14. The van der Waals surface area contributed by atoms with E-state index < -0.39 is 21.0 Å². The predicted octanol–water partition coefficient (Wildman–Crippen LogP) is 0.910. The van der Waals surface area contributed by atoms with Crippen molar-refractivity contribution in [1.29, 1.82) is 0 Å². The fraction of sp³-hybridized carbons (Fsp3) is 0.200. The third kappa shape index (κ3) is 2.60. The van der Waals surface area contributed by atoms with Crippen LogP contribution in [0.4, 0.5) is 5.69 Å². The van der Waals surface area contributed by atoms with Crippen molar-refractivity contribution in [3.05, 3.63) is 51.5 Å². The molecule has 9 heteroatoms. The minimum Gasteiger partial charge on any atom is -0.493 e. The van der Waals surface area contributed by atoms with Crippen LogP contribution in [0.3, 0.4) is 0 Å². The first-order chi connectivity index (χ1) is 8.79. The summed E-state index contributed by atoms with van der Waals surface area (Å²) in [6.07, 6.45) is 0.974. The van der Waals surface area contributed by atoms with Crippen LogP contribution in [0.25, 0.3) is 0 Å². The van der Waals surface area contributed by atoms with Crippen molar-refractivity contribution >= 4 is 15.9 Å². The van der Waals surface area contributed by atoms with Gasteiger partial charge in [0.1, 0.15) is 0 Å². The van der Waals surface area contributed by atoms with Gasteiger partial charge in [-0.25, -0.2) is 4.72 Å². The molecule has 0 aliphatic carbocycles. The van der Waals surface area contributed by atoms with E-state index in [0.717, 1.165) is 16.1 Å². The molecule has 19 heavy (non-hydrogen) atoms. The Labute approximate surface area is 109 Å². The molecule has 0 fully saturated rings. The van der Waals surface area contributed by atoms with Crippen molar-refractivity contribution in [2.24, 2.45) is 0 Å². The van der Waals surface area contributed by atoms with Gasteiger partial charge in [-0.15, -0.1) is 0 Å². The summed E-state index contributed by atoms with van der Waals surface area (Å²) in [6.45, 7) is 1.52. The van der Waals surface area contributed by atoms with Gasteiger partial charge in [-0.3, -0.25) is 14.4 Å². The quantitative estimate of drug-likeness (QED) is 0.633. The molecule has 0 atom stereocenters. The van der Waals surface area contributed by atoms with Crippen LogP contribution < -0.4 is 4.72 Å². The molecule has 8 nitrogen and oxygen atoms in total. The molecule has 1 aromatic carbocycles. The van der Waals surface area contributed by atoms with E-state index in [2.05, 4.69) is 0 Å². The first-order valence-electron chi connectivity index (χ1n) is 5.24. The van der Waals surface area contributed by atoms with Gasteiger partial charge in [-0.05, 0) is 13.0 Å². The third-order valence-electron chi connectivity index (χ3n) is 2.57.